The Morgan fingerprint density at radius 2 is 1.72 bits per heavy atom. The topological polar surface area (TPSA) is 134 Å². The van der Waals surface area contributed by atoms with Crippen LogP contribution in [0.3, 0.4) is 0 Å². The first-order valence-electron chi connectivity index (χ1n) is 11.6. The third kappa shape index (κ3) is 6.61. The van der Waals surface area contributed by atoms with Crippen LogP contribution >= 0.6 is 11.6 Å². The highest BCUT2D eigenvalue weighted by atomic mass is 35.5. The first-order chi connectivity index (χ1) is 17.1. The molecule has 0 spiro atoms. The Balaban J connectivity index is 2.01. The Labute approximate surface area is 216 Å². The number of methoxy groups -OCH3 is 2. The molecule has 11 nitrogen and oxygen atoms in total. The van der Waals surface area contributed by atoms with Crippen molar-refractivity contribution in [3.63, 3.8) is 0 Å². The van der Waals surface area contributed by atoms with Crippen LogP contribution in [0.5, 0.6) is 0 Å². The molecule has 3 aromatic rings. The van der Waals surface area contributed by atoms with Crippen molar-refractivity contribution in [1.29, 1.82) is 0 Å². The molecule has 3 aromatic heterocycles. The third-order valence-corrected chi connectivity index (χ3v) is 7.70. The monoisotopic (exact) mass is 540 g/mol. The van der Waals surface area contributed by atoms with Crippen LogP contribution in [-0.2, 0) is 19.5 Å². The smallest absolute Gasteiger partial charge is 0.239 e. The Morgan fingerprint density at radius 1 is 1.08 bits per heavy atom. The van der Waals surface area contributed by atoms with Gasteiger partial charge in [-0.3, -0.25) is 9.29 Å². The second-order valence-electron chi connectivity index (χ2n) is 9.04. The highest BCUT2D eigenvalue weighted by Gasteiger charge is 2.35. The third-order valence-electron chi connectivity index (χ3n) is 5.73. The van der Waals surface area contributed by atoms with E-state index in [4.69, 9.17) is 25.5 Å². The Bertz CT molecular complexity index is 1220. The van der Waals surface area contributed by atoms with E-state index >= 15 is 0 Å². The standard InChI is InChI=1S/C23H33ClN6O5S/c1-14(2)9-19(21-25-10-17(24)11-26-21)16(4)36(31,32)29-23-28-27-22(20-8-7-15(3)35-20)30(23)18(12-33-5)13-34-6/h7-8,10-11,14,16,18-19H,9,12-13H2,1-6H3,(H,28,29)/t16-,19+/m0/s1. The summed E-state index contributed by atoms with van der Waals surface area (Å²) in [7, 11) is -0.857. The molecule has 3 heterocycles. The van der Waals surface area contributed by atoms with Gasteiger partial charge in [0.15, 0.2) is 5.76 Å². The minimum Gasteiger partial charge on any atom is -0.458 e. The van der Waals surface area contributed by atoms with Gasteiger partial charge in [0.05, 0.1) is 29.5 Å². The van der Waals surface area contributed by atoms with Gasteiger partial charge in [-0.2, -0.15) is 0 Å². The number of hydrogen-bond acceptors (Lipinski definition) is 9. The molecular formula is C23H33ClN6O5S. The molecule has 0 aliphatic heterocycles. The van der Waals surface area contributed by atoms with Crippen LogP contribution in [0.4, 0.5) is 5.95 Å². The molecule has 0 radical (unpaired) electrons. The molecular weight excluding hydrogens is 508 g/mol. The summed E-state index contributed by atoms with van der Waals surface area (Å²) in [6.45, 7) is 7.95. The van der Waals surface area contributed by atoms with E-state index in [1.165, 1.54) is 12.4 Å². The quantitative estimate of drug-likeness (QED) is 0.340. The van der Waals surface area contributed by atoms with E-state index in [0.29, 0.717) is 34.6 Å². The molecule has 0 bridgehead atoms. The molecule has 13 heteroatoms. The summed E-state index contributed by atoms with van der Waals surface area (Å²) >= 11 is 5.95. The van der Waals surface area contributed by atoms with E-state index in [-0.39, 0.29) is 25.1 Å². The number of ether oxygens (including phenoxy) is 2. The summed E-state index contributed by atoms with van der Waals surface area (Å²) < 4.78 is 48.0. The maximum absolute atomic E-state index is 13.6. The number of anilines is 1. The van der Waals surface area contributed by atoms with E-state index in [9.17, 15) is 8.42 Å². The minimum atomic E-state index is -3.96. The van der Waals surface area contributed by atoms with Crippen molar-refractivity contribution in [3.8, 4) is 11.6 Å². The molecule has 0 amide bonds. The van der Waals surface area contributed by atoms with Crippen molar-refractivity contribution in [2.75, 3.05) is 32.2 Å². The van der Waals surface area contributed by atoms with E-state index in [0.717, 1.165) is 0 Å². The van der Waals surface area contributed by atoms with Gasteiger partial charge in [-0.25, -0.2) is 18.4 Å². The number of hydrogen-bond donors (Lipinski definition) is 1. The highest BCUT2D eigenvalue weighted by molar-refractivity contribution is 7.93. The number of aromatic nitrogens is 5. The number of furan rings is 1. The van der Waals surface area contributed by atoms with Gasteiger partial charge in [0.25, 0.3) is 0 Å². The highest BCUT2D eigenvalue weighted by Crippen LogP contribution is 2.32. The Morgan fingerprint density at radius 3 is 2.25 bits per heavy atom. The van der Waals surface area contributed by atoms with E-state index in [1.807, 2.05) is 20.8 Å². The number of halogens is 1. The van der Waals surface area contributed by atoms with Crippen LogP contribution in [0.15, 0.2) is 28.9 Å². The molecule has 1 N–H and O–H groups in total. The molecule has 0 aliphatic rings. The molecule has 198 valence electrons. The number of aryl methyl sites for hydroxylation is 1. The lowest BCUT2D eigenvalue weighted by Gasteiger charge is -2.26. The molecule has 3 rings (SSSR count). The van der Waals surface area contributed by atoms with E-state index in [2.05, 4.69) is 24.9 Å². The predicted octanol–water partition coefficient (Wildman–Crippen LogP) is 4.08. The minimum absolute atomic E-state index is 0.0327. The summed E-state index contributed by atoms with van der Waals surface area (Å²) in [4.78, 5) is 8.60. The molecule has 0 fully saturated rings. The van der Waals surface area contributed by atoms with Gasteiger partial charge < -0.3 is 13.9 Å². The lowest BCUT2D eigenvalue weighted by Crippen LogP contribution is -2.34. The summed E-state index contributed by atoms with van der Waals surface area (Å²) in [6.07, 6.45) is 3.50. The van der Waals surface area contributed by atoms with Crippen LogP contribution in [0.1, 0.15) is 50.7 Å². The number of sulfonamides is 1. The summed E-state index contributed by atoms with van der Waals surface area (Å²) in [5.74, 6) is 1.66. The normalized spacial score (nSPS) is 13.9. The van der Waals surface area contributed by atoms with Crippen LogP contribution in [0.2, 0.25) is 5.02 Å². The van der Waals surface area contributed by atoms with Crippen molar-refractivity contribution in [2.45, 2.75) is 51.3 Å². The van der Waals surface area contributed by atoms with Gasteiger partial charge in [0.2, 0.25) is 21.8 Å². The van der Waals surface area contributed by atoms with Gasteiger partial charge in [-0.05, 0) is 38.3 Å². The zero-order chi connectivity index (χ0) is 26.5. The number of nitrogens with one attached hydrogen (secondary N) is 1. The van der Waals surface area contributed by atoms with Crippen molar-refractivity contribution >= 4 is 27.6 Å². The van der Waals surface area contributed by atoms with Crippen molar-refractivity contribution in [1.82, 2.24) is 24.7 Å². The fraction of sp³-hybridized carbons (Fsp3) is 0.565. The summed E-state index contributed by atoms with van der Waals surface area (Å²) in [5.41, 5.74) is 0. The fourth-order valence-electron chi connectivity index (χ4n) is 3.98. The van der Waals surface area contributed by atoms with Crippen LogP contribution in [0.25, 0.3) is 11.6 Å². The second-order valence-corrected chi connectivity index (χ2v) is 11.5. The summed E-state index contributed by atoms with van der Waals surface area (Å²) in [6, 6.07) is 3.13. The zero-order valence-corrected chi connectivity index (χ0v) is 22.9. The second kappa shape index (κ2) is 12.1. The SMILES string of the molecule is COCC(COC)n1c(NS(=O)(=O)[C@@H](C)[C@@H](CC(C)C)c2ncc(Cl)cn2)nnc1-c1ccc(C)o1. The van der Waals surface area contributed by atoms with Gasteiger partial charge in [0.1, 0.15) is 11.6 Å². The van der Waals surface area contributed by atoms with Crippen molar-refractivity contribution in [3.05, 3.63) is 41.1 Å². The Hall–Kier alpha value is -2.54. The molecule has 36 heavy (non-hydrogen) atoms. The first kappa shape index (κ1) is 28.0. The largest absolute Gasteiger partial charge is 0.458 e. The average Bonchev–Trinajstić information content (AvgIpc) is 3.43. The molecule has 0 saturated carbocycles. The number of nitrogens with zero attached hydrogens (tertiary/aromatic N) is 5. The molecule has 0 unspecified atom stereocenters. The van der Waals surface area contributed by atoms with Crippen LogP contribution in [0, 0.1) is 12.8 Å². The average molecular weight is 541 g/mol. The predicted molar refractivity (Wildman–Crippen MR) is 136 cm³/mol. The van der Waals surface area contributed by atoms with E-state index < -0.39 is 27.2 Å². The Kier molecular flexibility index (Phi) is 9.45. The number of rotatable bonds is 13. The zero-order valence-electron chi connectivity index (χ0n) is 21.3. The lowest BCUT2D eigenvalue weighted by atomic mass is 9.93. The molecule has 0 aromatic carbocycles. The van der Waals surface area contributed by atoms with Gasteiger partial charge >= 0.3 is 0 Å². The molecule has 0 saturated heterocycles. The molecule has 2 atom stereocenters. The van der Waals surface area contributed by atoms with E-state index in [1.54, 1.807) is 37.8 Å². The lowest BCUT2D eigenvalue weighted by molar-refractivity contribution is 0.0907. The maximum atomic E-state index is 13.6. The van der Waals surface area contributed by atoms with Gasteiger partial charge in [-0.15, -0.1) is 10.2 Å². The van der Waals surface area contributed by atoms with Crippen molar-refractivity contribution < 1.29 is 22.3 Å². The maximum Gasteiger partial charge on any atom is 0.239 e. The first-order valence-corrected chi connectivity index (χ1v) is 13.5. The fourth-order valence-corrected chi connectivity index (χ4v) is 5.32. The van der Waals surface area contributed by atoms with Crippen molar-refractivity contribution in [2.24, 2.45) is 5.92 Å². The van der Waals surface area contributed by atoms with Crippen LogP contribution in [-0.4, -0.2) is 65.8 Å². The summed E-state index contributed by atoms with van der Waals surface area (Å²) in [5, 5.41) is 7.89. The van der Waals surface area contributed by atoms with Gasteiger partial charge in [0, 0.05) is 32.5 Å². The van der Waals surface area contributed by atoms with Crippen LogP contribution < -0.4 is 4.72 Å². The van der Waals surface area contributed by atoms with Gasteiger partial charge in [-0.1, -0.05) is 25.4 Å². The molecule has 0 aliphatic carbocycles.